The van der Waals surface area contributed by atoms with Crippen molar-refractivity contribution in [3.05, 3.63) is 6.33 Å². The van der Waals surface area contributed by atoms with Crippen LogP contribution in [0.5, 0.6) is 6.01 Å². The van der Waals surface area contributed by atoms with Gasteiger partial charge in [-0.25, -0.2) is 4.98 Å². The second-order valence-corrected chi connectivity index (χ2v) is 17.4. The molecule has 5 rings (SSSR count). The lowest BCUT2D eigenvalue weighted by Gasteiger charge is -2.48. The maximum Gasteiger partial charge on any atom is 0.320 e. The normalized spacial score (nSPS) is 26.3. The third-order valence-corrected chi connectivity index (χ3v) is 13.3. The van der Waals surface area contributed by atoms with Crippen LogP contribution in [0.3, 0.4) is 0 Å². The van der Waals surface area contributed by atoms with E-state index in [2.05, 4.69) is 55.6 Å². The van der Waals surface area contributed by atoms with E-state index >= 15 is 0 Å². The molecule has 2 aromatic heterocycles. The molecule has 194 valence electrons. The molecule has 0 bridgehead atoms. The highest BCUT2D eigenvalue weighted by atomic mass is 28.4. The first-order valence-corrected chi connectivity index (χ1v) is 16.5. The number of nitrogens with one attached hydrogen (secondary N) is 1. The van der Waals surface area contributed by atoms with E-state index in [1.165, 1.54) is 25.7 Å². The molecule has 1 N–H and O–H groups in total. The highest BCUT2D eigenvalue weighted by Gasteiger charge is 2.45. The summed E-state index contributed by atoms with van der Waals surface area (Å²) < 4.78 is 15.5. The molecule has 3 fully saturated rings. The van der Waals surface area contributed by atoms with Gasteiger partial charge in [0.05, 0.1) is 11.9 Å². The van der Waals surface area contributed by atoms with Gasteiger partial charge in [0.25, 0.3) is 0 Å². The molecule has 35 heavy (non-hydrogen) atoms. The Hall–Kier alpha value is -1.71. The highest BCUT2D eigenvalue weighted by Crippen LogP contribution is 2.42. The van der Waals surface area contributed by atoms with Gasteiger partial charge in [-0.1, -0.05) is 20.8 Å². The number of ether oxygens (including phenoxy) is 1. The fourth-order valence-corrected chi connectivity index (χ4v) is 7.15. The Balaban J connectivity index is 1.46. The van der Waals surface area contributed by atoms with Crippen molar-refractivity contribution in [1.29, 1.82) is 0 Å². The molecular formula is C26H44N6O2Si. The van der Waals surface area contributed by atoms with Crippen molar-refractivity contribution >= 4 is 25.3 Å². The van der Waals surface area contributed by atoms with E-state index in [9.17, 15) is 0 Å². The summed E-state index contributed by atoms with van der Waals surface area (Å²) in [7, 11) is -1.91. The minimum atomic E-state index is -1.91. The molecule has 0 amide bonds. The molecule has 2 atom stereocenters. The molecule has 1 aliphatic carbocycles. The first-order valence-electron chi connectivity index (χ1n) is 13.6. The first-order chi connectivity index (χ1) is 16.5. The van der Waals surface area contributed by atoms with Crippen LogP contribution in [0.15, 0.2) is 6.33 Å². The first kappa shape index (κ1) is 25.0. The number of fused-ring (bicyclic) bond motifs is 1. The Labute approximate surface area is 211 Å². The summed E-state index contributed by atoms with van der Waals surface area (Å²) >= 11 is 0. The zero-order chi connectivity index (χ0) is 24.8. The lowest BCUT2D eigenvalue weighted by atomic mass is 9.93. The van der Waals surface area contributed by atoms with Crippen molar-refractivity contribution in [3.63, 3.8) is 0 Å². The number of aromatic nitrogens is 4. The maximum absolute atomic E-state index is 7.02. The van der Waals surface area contributed by atoms with Gasteiger partial charge in [-0.15, -0.1) is 0 Å². The number of imidazole rings is 1. The average Bonchev–Trinajstić information content (AvgIpc) is 3.39. The van der Waals surface area contributed by atoms with Crippen LogP contribution < -0.4 is 15.0 Å². The molecule has 2 aliphatic heterocycles. The van der Waals surface area contributed by atoms with Gasteiger partial charge >= 0.3 is 6.01 Å². The largest absolute Gasteiger partial charge is 0.462 e. The van der Waals surface area contributed by atoms with E-state index in [4.69, 9.17) is 24.1 Å². The number of nitrogens with zero attached hydrogens (tertiary/aromatic N) is 5. The maximum atomic E-state index is 7.02. The van der Waals surface area contributed by atoms with Crippen LogP contribution in [0, 0.1) is 0 Å². The molecule has 2 aromatic rings. The van der Waals surface area contributed by atoms with Crippen molar-refractivity contribution in [3.8, 4) is 6.01 Å². The Kier molecular flexibility index (Phi) is 6.63. The van der Waals surface area contributed by atoms with Crippen LogP contribution in [0.1, 0.15) is 78.7 Å². The standard InChI is InChI=1S/C26H44N6O2Si/c1-25(2,3)35(5,6)34-26(4)13-9-15-31(17-26)23-21-22(28-18-32(21)20-11-7-12-20)29-24(30-23)33-16-19-10-8-14-27-19/h18-20,27H,7-17H2,1-6H3/t19-,26+/m0/s1. The van der Waals surface area contributed by atoms with E-state index in [-0.39, 0.29) is 10.6 Å². The van der Waals surface area contributed by atoms with Crippen LogP contribution in [0.2, 0.25) is 18.1 Å². The summed E-state index contributed by atoms with van der Waals surface area (Å²) in [6.45, 7) is 17.4. The molecule has 3 aliphatic rings. The highest BCUT2D eigenvalue weighted by molar-refractivity contribution is 6.74. The summed E-state index contributed by atoms with van der Waals surface area (Å²) in [4.78, 5) is 16.9. The number of hydrogen-bond donors (Lipinski definition) is 1. The molecule has 0 aromatic carbocycles. The summed E-state index contributed by atoms with van der Waals surface area (Å²) in [5, 5.41) is 3.68. The minimum Gasteiger partial charge on any atom is -0.462 e. The Morgan fingerprint density at radius 1 is 1.14 bits per heavy atom. The van der Waals surface area contributed by atoms with Crippen molar-refractivity contribution < 1.29 is 9.16 Å². The van der Waals surface area contributed by atoms with Crippen molar-refractivity contribution in [2.45, 2.75) is 108 Å². The Morgan fingerprint density at radius 3 is 2.60 bits per heavy atom. The minimum absolute atomic E-state index is 0.179. The molecule has 1 saturated carbocycles. The number of piperidine rings is 1. The third kappa shape index (κ3) is 5.09. The van der Waals surface area contributed by atoms with Crippen LogP contribution in [0.4, 0.5) is 5.82 Å². The Morgan fingerprint density at radius 2 is 1.94 bits per heavy atom. The van der Waals surface area contributed by atoms with Crippen molar-refractivity contribution in [2.75, 3.05) is 31.1 Å². The van der Waals surface area contributed by atoms with E-state index in [1.807, 2.05) is 6.33 Å². The summed E-state index contributed by atoms with van der Waals surface area (Å²) in [6.07, 6.45) is 10.1. The Bertz CT molecular complexity index is 1040. The second-order valence-electron chi connectivity index (χ2n) is 12.7. The topological polar surface area (TPSA) is 77.3 Å². The van der Waals surface area contributed by atoms with Gasteiger partial charge < -0.3 is 23.9 Å². The van der Waals surface area contributed by atoms with Gasteiger partial charge in [0.15, 0.2) is 19.8 Å². The number of rotatable bonds is 7. The van der Waals surface area contributed by atoms with Crippen molar-refractivity contribution in [2.24, 2.45) is 0 Å². The summed E-state index contributed by atoms with van der Waals surface area (Å²) in [5.41, 5.74) is 1.60. The molecule has 2 saturated heterocycles. The smallest absolute Gasteiger partial charge is 0.320 e. The van der Waals surface area contributed by atoms with Crippen molar-refractivity contribution in [1.82, 2.24) is 24.8 Å². The second kappa shape index (κ2) is 9.30. The van der Waals surface area contributed by atoms with E-state index < -0.39 is 8.32 Å². The van der Waals surface area contributed by atoms with Crippen LogP contribution in [0.25, 0.3) is 11.2 Å². The van der Waals surface area contributed by atoms with Gasteiger partial charge in [-0.05, 0) is 76.5 Å². The SMILES string of the molecule is CC(C)(C)[Si](C)(C)O[C@]1(C)CCCN(c2nc(OC[C@@H]3CCCN3)nc3ncn(C4CCC4)c23)C1. The van der Waals surface area contributed by atoms with Gasteiger partial charge in [0, 0.05) is 25.2 Å². The van der Waals surface area contributed by atoms with Crippen LogP contribution in [-0.2, 0) is 4.43 Å². The fourth-order valence-electron chi connectivity index (χ4n) is 5.45. The molecule has 0 unspecified atom stereocenters. The lowest BCUT2D eigenvalue weighted by Crippen LogP contribution is -2.55. The zero-order valence-electron chi connectivity index (χ0n) is 22.6. The van der Waals surface area contributed by atoms with Gasteiger partial charge in [0.1, 0.15) is 12.1 Å². The molecule has 8 nitrogen and oxygen atoms in total. The fraction of sp³-hybridized carbons (Fsp3) is 0.808. The number of hydrogen-bond acceptors (Lipinski definition) is 7. The molecule has 4 heterocycles. The molecular weight excluding hydrogens is 456 g/mol. The van der Waals surface area contributed by atoms with Gasteiger partial charge in [-0.2, -0.15) is 9.97 Å². The molecule has 9 heteroatoms. The predicted molar refractivity (Wildman–Crippen MR) is 143 cm³/mol. The molecule has 0 spiro atoms. The number of anilines is 1. The van der Waals surface area contributed by atoms with Gasteiger partial charge in [-0.3, -0.25) is 0 Å². The lowest BCUT2D eigenvalue weighted by molar-refractivity contribution is 0.0563. The monoisotopic (exact) mass is 500 g/mol. The van der Waals surface area contributed by atoms with Crippen LogP contribution in [-0.4, -0.2) is 65.7 Å². The summed E-state index contributed by atoms with van der Waals surface area (Å²) in [6, 6.07) is 1.32. The third-order valence-electron chi connectivity index (χ3n) is 8.70. The van der Waals surface area contributed by atoms with Gasteiger partial charge in [0.2, 0.25) is 0 Å². The zero-order valence-corrected chi connectivity index (χ0v) is 23.6. The van der Waals surface area contributed by atoms with E-state index in [0.29, 0.717) is 24.7 Å². The predicted octanol–water partition coefficient (Wildman–Crippen LogP) is 5.06. The van der Waals surface area contributed by atoms with Crippen LogP contribution >= 0.6 is 0 Å². The summed E-state index contributed by atoms with van der Waals surface area (Å²) in [5.74, 6) is 0.957. The average molecular weight is 501 g/mol. The van der Waals surface area contributed by atoms with E-state index in [0.717, 1.165) is 55.9 Å². The molecule has 0 radical (unpaired) electrons. The quantitative estimate of drug-likeness (QED) is 0.532. The van der Waals surface area contributed by atoms with E-state index in [1.54, 1.807) is 0 Å².